The molecule has 0 spiro atoms. The zero-order chi connectivity index (χ0) is 19.4. The second kappa shape index (κ2) is 8.43. The Kier molecular flexibility index (Phi) is 6.21. The number of piperazine rings is 1. The molecule has 0 unspecified atom stereocenters. The standard InChI is InChI=1S/C22H30N2O3/c1-4-6-19-15-27-16-20-14-23(11-12-24(19)20)21(25)18-8-5-7-17(13-18)9-10-22(2,3)26/h5,7-8,13,19-20,26H,4,6,11-12,14-16H2,1-3H3/t19-,20+/m0/s1. The van der Waals surface area contributed by atoms with Crippen LogP contribution >= 0.6 is 0 Å². The van der Waals surface area contributed by atoms with Gasteiger partial charge in [0.1, 0.15) is 5.60 Å². The normalized spacial score (nSPS) is 23.3. The molecule has 5 heteroatoms. The lowest BCUT2D eigenvalue weighted by Crippen LogP contribution is -2.62. The van der Waals surface area contributed by atoms with Crippen molar-refractivity contribution in [1.82, 2.24) is 9.80 Å². The minimum atomic E-state index is -1.05. The third kappa shape index (κ3) is 5.10. The van der Waals surface area contributed by atoms with E-state index in [0.717, 1.165) is 38.1 Å². The molecule has 1 amide bonds. The van der Waals surface area contributed by atoms with Crippen LogP contribution in [0.1, 0.15) is 49.5 Å². The van der Waals surface area contributed by atoms with Crippen LogP contribution in [0, 0.1) is 11.8 Å². The molecule has 0 aromatic heterocycles. The van der Waals surface area contributed by atoms with E-state index in [0.29, 0.717) is 24.8 Å². The van der Waals surface area contributed by atoms with Crippen molar-refractivity contribution >= 4 is 5.91 Å². The average molecular weight is 370 g/mol. The smallest absolute Gasteiger partial charge is 0.253 e. The summed E-state index contributed by atoms with van der Waals surface area (Å²) < 4.78 is 5.80. The topological polar surface area (TPSA) is 53.0 Å². The van der Waals surface area contributed by atoms with Crippen LogP contribution in [0.25, 0.3) is 0 Å². The van der Waals surface area contributed by atoms with Gasteiger partial charge in [-0.25, -0.2) is 0 Å². The molecule has 1 N–H and O–H groups in total. The van der Waals surface area contributed by atoms with Gasteiger partial charge in [-0.1, -0.05) is 31.3 Å². The van der Waals surface area contributed by atoms with Crippen molar-refractivity contribution in [3.8, 4) is 11.8 Å². The predicted octanol–water partition coefficient (Wildman–Crippen LogP) is 2.13. The maximum atomic E-state index is 13.0. The number of benzene rings is 1. The average Bonchev–Trinajstić information content (AvgIpc) is 2.65. The molecule has 2 saturated heterocycles. The molecule has 2 aliphatic heterocycles. The lowest BCUT2D eigenvalue weighted by Gasteiger charge is -2.48. The van der Waals surface area contributed by atoms with E-state index in [1.165, 1.54) is 0 Å². The summed E-state index contributed by atoms with van der Waals surface area (Å²) in [6.07, 6.45) is 2.30. The van der Waals surface area contributed by atoms with E-state index in [2.05, 4.69) is 23.7 Å². The third-order valence-electron chi connectivity index (χ3n) is 5.15. The molecule has 3 rings (SSSR count). The molecule has 1 aromatic carbocycles. The fourth-order valence-corrected chi connectivity index (χ4v) is 3.84. The first-order valence-corrected chi connectivity index (χ1v) is 9.86. The number of hydrogen-bond donors (Lipinski definition) is 1. The van der Waals surface area contributed by atoms with Crippen LogP contribution in [0.5, 0.6) is 0 Å². The molecular weight excluding hydrogens is 340 g/mol. The Hall–Kier alpha value is -1.87. The third-order valence-corrected chi connectivity index (χ3v) is 5.15. The van der Waals surface area contributed by atoms with Crippen LogP contribution in [-0.2, 0) is 4.74 Å². The maximum absolute atomic E-state index is 13.0. The highest BCUT2D eigenvalue weighted by atomic mass is 16.5. The van der Waals surface area contributed by atoms with E-state index in [4.69, 9.17) is 4.74 Å². The van der Waals surface area contributed by atoms with Crippen molar-refractivity contribution in [2.75, 3.05) is 32.8 Å². The Morgan fingerprint density at radius 1 is 1.33 bits per heavy atom. The molecule has 5 nitrogen and oxygen atoms in total. The largest absolute Gasteiger partial charge is 0.378 e. The van der Waals surface area contributed by atoms with Gasteiger partial charge in [-0.2, -0.15) is 0 Å². The van der Waals surface area contributed by atoms with E-state index in [1.807, 2.05) is 29.2 Å². The molecule has 2 atom stereocenters. The fraction of sp³-hybridized carbons (Fsp3) is 0.591. The Morgan fingerprint density at radius 3 is 2.89 bits per heavy atom. The minimum absolute atomic E-state index is 0.0409. The van der Waals surface area contributed by atoms with Crippen molar-refractivity contribution in [1.29, 1.82) is 0 Å². The van der Waals surface area contributed by atoms with Gasteiger partial charge in [-0.3, -0.25) is 9.69 Å². The van der Waals surface area contributed by atoms with Gasteiger partial charge in [0.05, 0.1) is 19.3 Å². The molecule has 1 aromatic rings. The van der Waals surface area contributed by atoms with Gasteiger partial charge in [0, 0.05) is 36.8 Å². The van der Waals surface area contributed by atoms with E-state index in [-0.39, 0.29) is 11.9 Å². The van der Waals surface area contributed by atoms with Crippen LogP contribution in [0.2, 0.25) is 0 Å². The predicted molar refractivity (Wildman–Crippen MR) is 106 cm³/mol. The highest BCUT2D eigenvalue weighted by Gasteiger charge is 2.36. The Morgan fingerprint density at radius 2 is 2.15 bits per heavy atom. The lowest BCUT2D eigenvalue weighted by atomic mass is 10.0. The number of ether oxygens (including phenoxy) is 1. The maximum Gasteiger partial charge on any atom is 0.253 e. The molecule has 2 fully saturated rings. The van der Waals surface area contributed by atoms with Crippen LogP contribution < -0.4 is 0 Å². The molecule has 2 heterocycles. The van der Waals surface area contributed by atoms with E-state index in [9.17, 15) is 9.90 Å². The van der Waals surface area contributed by atoms with E-state index >= 15 is 0 Å². The van der Waals surface area contributed by atoms with Crippen molar-refractivity contribution in [3.05, 3.63) is 35.4 Å². The Labute approximate surface area is 162 Å². The second-order valence-electron chi connectivity index (χ2n) is 8.01. The molecule has 0 aliphatic carbocycles. The summed E-state index contributed by atoms with van der Waals surface area (Å²) in [6.45, 7) is 9.36. The highest BCUT2D eigenvalue weighted by Crippen LogP contribution is 2.22. The molecular formula is C22H30N2O3. The number of carbonyl (C=O) groups is 1. The zero-order valence-corrected chi connectivity index (χ0v) is 16.6. The number of aliphatic hydroxyl groups is 1. The fourth-order valence-electron chi connectivity index (χ4n) is 3.84. The highest BCUT2D eigenvalue weighted by molar-refractivity contribution is 5.94. The molecule has 146 valence electrons. The monoisotopic (exact) mass is 370 g/mol. The summed E-state index contributed by atoms with van der Waals surface area (Å²) >= 11 is 0. The first-order chi connectivity index (χ1) is 12.9. The van der Waals surface area contributed by atoms with E-state index in [1.54, 1.807) is 13.8 Å². The van der Waals surface area contributed by atoms with Gasteiger partial charge in [0.15, 0.2) is 0 Å². The Balaban J connectivity index is 1.69. The zero-order valence-electron chi connectivity index (χ0n) is 16.6. The van der Waals surface area contributed by atoms with Crippen LogP contribution in [-0.4, -0.2) is 71.3 Å². The first-order valence-electron chi connectivity index (χ1n) is 9.86. The number of amides is 1. The lowest BCUT2D eigenvalue weighted by molar-refractivity contribution is -0.0776. The van der Waals surface area contributed by atoms with Crippen LogP contribution in [0.3, 0.4) is 0 Å². The SMILES string of the molecule is CCC[C@H]1COC[C@H]2CN(C(=O)c3cccc(C#CC(C)(C)O)c3)CCN12. The van der Waals surface area contributed by atoms with Crippen molar-refractivity contribution in [2.24, 2.45) is 0 Å². The number of hydrogen-bond acceptors (Lipinski definition) is 4. The summed E-state index contributed by atoms with van der Waals surface area (Å²) in [5.74, 6) is 5.79. The minimum Gasteiger partial charge on any atom is -0.378 e. The van der Waals surface area contributed by atoms with Crippen LogP contribution in [0.15, 0.2) is 24.3 Å². The summed E-state index contributed by atoms with van der Waals surface area (Å²) in [6, 6.07) is 8.11. The van der Waals surface area contributed by atoms with Gasteiger partial charge in [-0.05, 0) is 38.5 Å². The van der Waals surface area contributed by atoms with Gasteiger partial charge in [0.25, 0.3) is 5.91 Å². The van der Waals surface area contributed by atoms with Crippen molar-refractivity contribution < 1.29 is 14.6 Å². The van der Waals surface area contributed by atoms with Crippen LogP contribution in [0.4, 0.5) is 0 Å². The first kappa shape index (κ1) is 19.9. The molecule has 0 saturated carbocycles. The Bertz CT molecular complexity index is 727. The number of rotatable bonds is 3. The summed E-state index contributed by atoms with van der Waals surface area (Å²) in [4.78, 5) is 17.5. The summed E-state index contributed by atoms with van der Waals surface area (Å²) in [7, 11) is 0. The number of carbonyl (C=O) groups excluding carboxylic acids is 1. The molecule has 0 bridgehead atoms. The van der Waals surface area contributed by atoms with Crippen molar-refractivity contribution in [2.45, 2.75) is 51.3 Å². The van der Waals surface area contributed by atoms with Gasteiger partial charge in [0.2, 0.25) is 0 Å². The van der Waals surface area contributed by atoms with Crippen molar-refractivity contribution in [3.63, 3.8) is 0 Å². The van der Waals surface area contributed by atoms with E-state index < -0.39 is 5.60 Å². The quantitative estimate of drug-likeness (QED) is 0.829. The number of morpholine rings is 1. The number of fused-ring (bicyclic) bond motifs is 1. The van der Waals surface area contributed by atoms with Gasteiger partial charge < -0.3 is 14.7 Å². The summed E-state index contributed by atoms with van der Waals surface area (Å²) in [5, 5.41) is 9.77. The second-order valence-corrected chi connectivity index (χ2v) is 8.01. The summed E-state index contributed by atoms with van der Waals surface area (Å²) in [5.41, 5.74) is 0.338. The van der Waals surface area contributed by atoms with Gasteiger partial charge in [-0.15, -0.1) is 0 Å². The molecule has 2 aliphatic rings. The molecule has 0 radical (unpaired) electrons. The molecule has 27 heavy (non-hydrogen) atoms. The van der Waals surface area contributed by atoms with Gasteiger partial charge >= 0.3 is 0 Å². The number of nitrogens with zero attached hydrogens (tertiary/aromatic N) is 2.